The normalized spacial score (nSPS) is 18.6. The highest BCUT2D eigenvalue weighted by molar-refractivity contribution is 8.00. The van der Waals surface area contributed by atoms with Crippen LogP contribution in [0.5, 0.6) is 0 Å². The minimum absolute atomic E-state index is 0.0145. The molecule has 2 aliphatic heterocycles. The average molecular weight is 1590 g/mol. The Morgan fingerprint density at radius 2 is 1.36 bits per heavy atom. The lowest BCUT2D eigenvalue weighted by Crippen LogP contribution is -2.59. The number of primary amides is 2. The number of ether oxygens (including phenoxy) is 4. The molecule has 5 rings (SSSR count). The molecule has 1 saturated carbocycles. The number of carbonyl (C=O) groups is 14. The van der Waals surface area contributed by atoms with Crippen molar-refractivity contribution in [3.8, 4) is 0 Å². The second-order valence-corrected chi connectivity index (χ2v) is 32.2. The molecule has 34 heteroatoms. The second-order valence-electron chi connectivity index (χ2n) is 31.0. The Kier molecular flexibility index (Phi) is 37.6. The van der Waals surface area contributed by atoms with Crippen molar-refractivity contribution in [3.05, 3.63) is 65.5 Å². The monoisotopic (exact) mass is 1590 g/mol. The first-order chi connectivity index (χ1) is 52.8. The van der Waals surface area contributed by atoms with Gasteiger partial charge in [-0.05, 0) is 131 Å². The van der Waals surface area contributed by atoms with E-state index in [1.165, 1.54) is 66.8 Å². The average Bonchev–Trinajstić information content (AvgIpc) is 1.62. The van der Waals surface area contributed by atoms with Crippen molar-refractivity contribution in [2.45, 2.75) is 225 Å². The van der Waals surface area contributed by atoms with Gasteiger partial charge in [-0.3, -0.25) is 62.5 Å². The Morgan fingerprint density at radius 1 is 0.714 bits per heavy atom. The van der Waals surface area contributed by atoms with E-state index in [1.54, 1.807) is 64.0 Å². The standard InChI is InChI=1S/C78H121FN14O18S/c1-16-47(8)65(89-72(102)64(45(4)5)88-73(103)66(46(6)7)90(11)12)57(108-14)38-61(96)93-41-54(37-56(93)68(109-15)48(9)69(99)84-49(10)67(98)51-25-27-52(79)28-26-51)111-77(107)91(13)36-34-83-76(106)110-42-50-23-29-53(30-24-50)85-70(100)55(21-20-33-82-75(81)105)86-71(101)63(44(2)3)87-60(95)22-18-17-19-35-92-62(97)39-58(74(92)104)112-43-78(31-32-78)40-59(80)94/h23-30,44-49,54-58,63-66,68H,16-22,31-43H2,1-15H3,(H2,80,94)(H,83,106)(H,84,99)(H,85,100)(H,86,101)(H,87,95)(H,88,103)(H,89,102)(H3,81,82,105)/t47-,48+,49-,54-,55-,56-,57+,58?,63-,64-,65-,66-,68+/m0/s1. The summed E-state index contributed by atoms with van der Waals surface area (Å²) < 4.78 is 37.3. The molecular formula is C78H121FN14O18S. The number of rotatable bonds is 47. The second kappa shape index (κ2) is 45.0. The number of thioether (sulfide) groups is 1. The molecule has 2 aromatic rings. The number of ketones is 1. The molecule has 12 N–H and O–H groups in total. The van der Waals surface area contributed by atoms with Gasteiger partial charge in [0.05, 0.1) is 60.5 Å². The summed E-state index contributed by atoms with van der Waals surface area (Å²) in [5.74, 6) is -6.96. The topological polar surface area (TPSA) is 437 Å². The van der Waals surface area contributed by atoms with Crippen molar-refractivity contribution in [3.63, 3.8) is 0 Å². The highest BCUT2D eigenvalue weighted by Crippen LogP contribution is 2.52. The number of unbranched alkanes of at least 4 members (excludes halogenated alkanes) is 2. The molecule has 1 unspecified atom stereocenters. The lowest BCUT2D eigenvalue weighted by molar-refractivity contribution is -0.143. The van der Waals surface area contributed by atoms with Crippen molar-refractivity contribution >= 4 is 101 Å². The molecule has 32 nitrogen and oxygen atoms in total. The summed E-state index contributed by atoms with van der Waals surface area (Å²) in [6, 6.07) is 4.04. The number of benzene rings is 2. The number of likely N-dealkylation sites (tertiary alicyclic amines) is 2. The molecule has 0 bridgehead atoms. The number of carbonyl (C=O) groups excluding carboxylic acids is 14. The van der Waals surface area contributed by atoms with Crippen molar-refractivity contribution in [1.29, 1.82) is 0 Å². The number of halogens is 1. The van der Waals surface area contributed by atoms with Crippen LogP contribution in [0.25, 0.3) is 0 Å². The van der Waals surface area contributed by atoms with Gasteiger partial charge in [0.1, 0.15) is 36.7 Å². The molecule has 14 amide bonds. The van der Waals surface area contributed by atoms with Gasteiger partial charge < -0.3 is 82.7 Å². The van der Waals surface area contributed by atoms with Gasteiger partial charge in [-0.1, -0.05) is 87.3 Å². The maximum absolute atomic E-state index is 15.0. The molecule has 3 aliphatic rings. The number of imide groups is 1. The van der Waals surface area contributed by atoms with E-state index in [4.69, 9.17) is 30.4 Å². The maximum Gasteiger partial charge on any atom is 0.409 e. The smallest absolute Gasteiger partial charge is 0.409 e. The van der Waals surface area contributed by atoms with E-state index < -0.39 is 143 Å². The number of likely N-dealkylation sites (N-methyl/N-ethyl adjacent to an activating group) is 2. The molecule has 2 heterocycles. The quantitative estimate of drug-likeness (QED) is 0.0240. The molecule has 13 atom stereocenters. The lowest BCUT2D eigenvalue weighted by Gasteiger charge is -2.37. The molecular weight excluding hydrogens is 1470 g/mol. The molecule has 0 aromatic heterocycles. The molecule has 0 radical (unpaired) electrons. The Labute approximate surface area is 661 Å². The summed E-state index contributed by atoms with van der Waals surface area (Å²) in [7, 11) is 7.80. The van der Waals surface area contributed by atoms with Gasteiger partial charge in [-0.25, -0.2) is 18.8 Å². The summed E-state index contributed by atoms with van der Waals surface area (Å²) in [6.45, 7) is 17.6. The lowest BCUT2D eigenvalue weighted by atomic mass is 9.90. The number of nitrogens with two attached hydrogens (primary N) is 2. The molecule has 112 heavy (non-hydrogen) atoms. The number of urea groups is 1. The first-order valence-electron chi connectivity index (χ1n) is 38.7. The van der Waals surface area contributed by atoms with Gasteiger partial charge in [0.2, 0.25) is 59.1 Å². The Hall–Kier alpha value is -9.02. The molecule has 2 saturated heterocycles. The third-order valence-electron chi connectivity index (χ3n) is 20.8. The summed E-state index contributed by atoms with van der Waals surface area (Å²) in [5.41, 5.74) is 11.5. The fraction of sp³-hybridized carbons (Fsp3) is 0.667. The van der Waals surface area contributed by atoms with Crippen LogP contribution in [-0.2, 0) is 73.5 Å². The Morgan fingerprint density at radius 3 is 1.94 bits per heavy atom. The van der Waals surface area contributed by atoms with E-state index in [1.807, 2.05) is 41.5 Å². The zero-order valence-corrected chi connectivity index (χ0v) is 68.4. The minimum atomic E-state index is -1.14. The molecule has 2 aromatic carbocycles. The van der Waals surface area contributed by atoms with Crippen molar-refractivity contribution < 1.29 is 90.5 Å². The molecule has 624 valence electrons. The Bertz CT molecular complexity index is 3540. The van der Waals surface area contributed by atoms with Gasteiger partial charge in [-0.2, -0.15) is 0 Å². The van der Waals surface area contributed by atoms with E-state index >= 15 is 0 Å². The maximum atomic E-state index is 15.0. The largest absolute Gasteiger partial charge is 0.445 e. The summed E-state index contributed by atoms with van der Waals surface area (Å²) in [6.07, 6.45) is -0.556. The third kappa shape index (κ3) is 28.9. The van der Waals surface area contributed by atoms with Crippen LogP contribution < -0.4 is 54.0 Å². The van der Waals surface area contributed by atoms with E-state index in [2.05, 4.69) is 42.5 Å². The fourth-order valence-electron chi connectivity index (χ4n) is 13.8. The number of anilines is 1. The summed E-state index contributed by atoms with van der Waals surface area (Å²) >= 11 is 1.40. The number of hydrogen-bond donors (Lipinski definition) is 10. The first-order valence-corrected chi connectivity index (χ1v) is 39.7. The summed E-state index contributed by atoms with van der Waals surface area (Å²) in [4.78, 5) is 193. The molecule has 1 aliphatic carbocycles. The predicted molar refractivity (Wildman–Crippen MR) is 418 cm³/mol. The minimum Gasteiger partial charge on any atom is -0.445 e. The highest BCUT2D eigenvalue weighted by atomic mass is 32.2. The van der Waals surface area contributed by atoms with E-state index in [0.29, 0.717) is 42.7 Å². The van der Waals surface area contributed by atoms with Crippen LogP contribution in [0.4, 0.5) is 24.5 Å². The van der Waals surface area contributed by atoms with Crippen LogP contribution >= 0.6 is 11.8 Å². The van der Waals surface area contributed by atoms with Gasteiger partial charge in [0.25, 0.3) is 0 Å². The van der Waals surface area contributed by atoms with Gasteiger partial charge >= 0.3 is 18.2 Å². The van der Waals surface area contributed by atoms with Gasteiger partial charge in [-0.15, -0.1) is 11.8 Å². The number of alkyl carbamates (subject to hydrolysis) is 1. The van der Waals surface area contributed by atoms with Crippen LogP contribution in [0.3, 0.4) is 0 Å². The van der Waals surface area contributed by atoms with Crippen LogP contribution in [0, 0.1) is 40.8 Å². The number of amides is 14. The van der Waals surface area contributed by atoms with Crippen LogP contribution in [0.15, 0.2) is 48.5 Å². The van der Waals surface area contributed by atoms with E-state index in [-0.39, 0.29) is 137 Å². The molecule has 3 fully saturated rings. The van der Waals surface area contributed by atoms with Crippen molar-refractivity contribution in [2.24, 2.45) is 46.5 Å². The number of nitrogens with one attached hydrogen (secondary N) is 8. The van der Waals surface area contributed by atoms with Crippen LogP contribution in [0.1, 0.15) is 169 Å². The van der Waals surface area contributed by atoms with Crippen molar-refractivity contribution in [2.75, 3.05) is 79.2 Å². The van der Waals surface area contributed by atoms with Crippen LogP contribution in [-0.4, -0.2) is 242 Å². The fourth-order valence-corrected chi connectivity index (χ4v) is 15.3. The third-order valence-corrected chi connectivity index (χ3v) is 22.3. The van der Waals surface area contributed by atoms with Crippen molar-refractivity contribution in [1.82, 2.24) is 56.8 Å². The molecule has 0 spiro atoms. The number of hydrogen-bond acceptors (Lipinski definition) is 20. The predicted octanol–water partition coefficient (Wildman–Crippen LogP) is 4.88. The SMILES string of the molecule is CC[C@H](C)[C@H](NC(=O)[C@@H](NC(=O)[C@H](C(C)C)N(C)C)C(C)C)[C@@H](CC(=O)N1C[C@@H](OC(=O)N(C)CCNC(=O)OCc2ccc(NC(=O)[C@H](CCCNC(N)=O)NC(=O)[C@@H](NC(=O)CCCCCN3C(=O)CC(SCC4(CC(N)=O)CC4)C3=O)C(C)C)cc2)C[C@H]1[C@H](OC)[C@@H](C)C(=O)N[C@@H](C)C(=O)c1ccc(F)cc1)OC. The number of nitrogens with zero attached hydrogens (tertiary/aromatic N) is 4. The van der Waals surface area contributed by atoms with Gasteiger partial charge in [0.15, 0.2) is 5.78 Å². The highest BCUT2D eigenvalue weighted by Gasteiger charge is 2.49. The van der Waals surface area contributed by atoms with Crippen LogP contribution in [0.2, 0.25) is 0 Å². The zero-order valence-electron chi connectivity index (χ0n) is 67.6. The summed E-state index contributed by atoms with van der Waals surface area (Å²) in [5, 5.41) is 21.6. The number of methoxy groups -OCH3 is 2. The number of Topliss-reactive ketones (excluding diaryl/α,β-unsaturated/α-hetero) is 1. The first kappa shape index (κ1) is 93.6. The Balaban J connectivity index is 1.16. The zero-order chi connectivity index (χ0) is 83.4. The van der Waals surface area contributed by atoms with E-state index in [0.717, 1.165) is 25.0 Å². The van der Waals surface area contributed by atoms with E-state index in [9.17, 15) is 71.5 Å². The van der Waals surface area contributed by atoms with Gasteiger partial charge in [0, 0.05) is 90.1 Å².